The molecule has 0 bridgehead atoms. The molecular weight excluding hydrogens is 568 g/mol. The molecule has 1 heterocycles. The maximum absolute atomic E-state index is 12.8. The average Bonchev–Trinajstić information content (AvgIpc) is 3.12. The van der Waals surface area contributed by atoms with Crippen LogP contribution in [0.25, 0.3) is 6.08 Å². The van der Waals surface area contributed by atoms with Crippen LogP contribution in [0.2, 0.25) is 5.02 Å². The zero-order valence-corrected chi connectivity index (χ0v) is 22.2. The molecule has 1 fully saturated rings. The van der Waals surface area contributed by atoms with Crippen LogP contribution in [-0.4, -0.2) is 35.6 Å². The molecule has 1 aliphatic heterocycles. The van der Waals surface area contributed by atoms with Crippen LogP contribution in [0.4, 0.5) is 10.5 Å². The maximum atomic E-state index is 12.8. The second-order valence-corrected chi connectivity index (χ2v) is 9.93. The molecule has 4 rings (SSSR count). The normalized spacial score (nSPS) is 14.3. The SMILES string of the molecule is COc1cc(/C=C2/SC(=O)N(CC(=O)Nc3ccc(Br)cc3)C2=O)ccc1OCc1ccccc1Cl. The Morgan fingerprint density at radius 3 is 2.56 bits per heavy atom. The fourth-order valence-corrected chi connectivity index (χ4v) is 4.62. The minimum Gasteiger partial charge on any atom is -0.493 e. The first-order valence-corrected chi connectivity index (χ1v) is 12.7. The van der Waals surface area contributed by atoms with Gasteiger partial charge in [0.25, 0.3) is 11.1 Å². The van der Waals surface area contributed by atoms with Crippen molar-refractivity contribution in [1.82, 2.24) is 4.90 Å². The van der Waals surface area contributed by atoms with E-state index in [0.717, 1.165) is 26.7 Å². The summed E-state index contributed by atoms with van der Waals surface area (Å²) in [7, 11) is 1.51. The number of anilines is 1. The first kappa shape index (κ1) is 25.8. The van der Waals surface area contributed by atoms with E-state index in [0.29, 0.717) is 27.8 Å². The third-order valence-corrected chi connectivity index (χ3v) is 6.93. The Hall–Kier alpha value is -3.27. The van der Waals surface area contributed by atoms with Crippen LogP contribution in [0.3, 0.4) is 0 Å². The largest absolute Gasteiger partial charge is 0.493 e. The molecule has 10 heteroatoms. The van der Waals surface area contributed by atoms with Gasteiger partial charge in [-0.05, 0) is 65.9 Å². The number of nitrogens with zero attached hydrogens (tertiary/aromatic N) is 1. The molecule has 1 N–H and O–H groups in total. The molecule has 0 spiro atoms. The van der Waals surface area contributed by atoms with E-state index < -0.39 is 17.1 Å². The van der Waals surface area contributed by atoms with Crippen molar-refractivity contribution in [2.75, 3.05) is 19.0 Å². The Kier molecular flexibility index (Phi) is 8.35. The maximum Gasteiger partial charge on any atom is 0.294 e. The number of benzene rings is 3. The van der Waals surface area contributed by atoms with Crippen LogP contribution in [0.5, 0.6) is 11.5 Å². The van der Waals surface area contributed by atoms with E-state index in [9.17, 15) is 14.4 Å². The standard InChI is InChI=1S/C26H20BrClN2O5S/c1-34-22-12-16(6-11-21(22)35-15-17-4-2-3-5-20(17)28)13-23-25(32)30(26(33)36-23)14-24(31)29-19-9-7-18(27)8-10-19/h2-13H,14-15H2,1H3,(H,29,31)/b23-13+. The Labute approximate surface area is 225 Å². The zero-order chi connectivity index (χ0) is 25.7. The first-order valence-electron chi connectivity index (χ1n) is 10.7. The lowest BCUT2D eigenvalue weighted by atomic mass is 10.1. The van der Waals surface area contributed by atoms with E-state index in [4.69, 9.17) is 21.1 Å². The molecular formula is C26H20BrClN2O5S. The number of nitrogens with one attached hydrogen (secondary N) is 1. The van der Waals surface area contributed by atoms with Gasteiger partial charge in [0.2, 0.25) is 5.91 Å². The van der Waals surface area contributed by atoms with Gasteiger partial charge in [-0.15, -0.1) is 0 Å². The number of ether oxygens (including phenoxy) is 2. The lowest BCUT2D eigenvalue weighted by Gasteiger charge is -2.13. The predicted molar refractivity (Wildman–Crippen MR) is 144 cm³/mol. The van der Waals surface area contributed by atoms with Crippen molar-refractivity contribution in [2.24, 2.45) is 0 Å². The van der Waals surface area contributed by atoms with Gasteiger partial charge in [0.1, 0.15) is 13.2 Å². The number of hydrogen-bond donors (Lipinski definition) is 1. The molecule has 36 heavy (non-hydrogen) atoms. The summed E-state index contributed by atoms with van der Waals surface area (Å²) in [6.45, 7) is -0.118. The number of rotatable bonds is 8. The topological polar surface area (TPSA) is 84.9 Å². The Balaban J connectivity index is 1.43. The highest BCUT2D eigenvalue weighted by atomic mass is 79.9. The van der Waals surface area contributed by atoms with Gasteiger partial charge in [0.05, 0.1) is 12.0 Å². The number of carbonyl (C=O) groups excluding carboxylic acids is 3. The van der Waals surface area contributed by atoms with Crippen molar-refractivity contribution in [3.05, 3.63) is 92.3 Å². The highest BCUT2D eigenvalue weighted by Crippen LogP contribution is 2.35. The van der Waals surface area contributed by atoms with Crippen LogP contribution in [0.1, 0.15) is 11.1 Å². The van der Waals surface area contributed by atoms with E-state index >= 15 is 0 Å². The van der Waals surface area contributed by atoms with Gasteiger partial charge in [0.15, 0.2) is 11.5 Å². The molecule has 0 aliphatic carbocycles. The summed E-state index contributed by atoms with van der Waals surface area (Å²) in [4.78, 5) is 38.8. The van der Waals surface area contributed by atoms with Crippen LogP contribution in [0, 0.1) is 0 Å². The van der Waals surface area contributed by atoms with Crippen molar-refractivity contribution >= 4 is 68.1 Å². The number of carbonyl (C=O) groups is 3. The fraction of sp³-hybridized carbons (Fsp3) is 0.115. The number of halogens is 2. The summed E-state index contributed by atoms with van der Waals surface area (Å²) in [6.07, 6.45) is 1.58. The predicted octanol–water partition coefficient (Wildman–Crippen LogP) is 6.37. The number of methoxy groups -OCH3 is 1. The van der Waals surface area contributed by atoms with Crippen molar-refractivity contribution in [3.8, 4) is 11.5 Å². The molecule has 7 nitrogen and oxygen atoms in total. The van der Waals surface area contributed by atoms with Crippen molar-refractivity contribution in [3.63, 3.8) is 0 Å². The molecule has 3 aromatic rings. The van der Waals surface area contributed by atoms with Gasteiger partial charge in [-0.2, -0.15) is 0 Å². The van der Waals surface area contributed by atoms with Crippen LogP contribution in [0.15, 0.2) is 76.1 Å². The van der Waals surface area contributed by atoms with E-state index in [1.165, 1.54) is 7.11 Å². The Bertz CT molecular complexity index is 1350. The van der Waals surface area contributed by atoms with Gasteiger partial charge in [-0.1, -0.05) is 51.8 Å². The zero-order valence-electron chi connectivity index (χ0n) is 19.0. The van der Waals surface area contributed by atoms with E-state index in [1.807, 2.05) is 18.2 Å². The van der Waals surface area contributed by atoms with E-state index in [2.05, 4.69) is 21.2 Å². The monoisotopic (exact) mass is 586 g/mol. The van der Waals surface area contributed by atoms with Gasteiger partial charge < -0.3 is 14.8 Å². The van der Waals surface area contributed by atoms with Gasteiger partial charge >= 0.3 is 0 Å². The van der Waals surface area contributed by atoms with Gasteiger partial charge in [0, 0.05) is 20.7 Å². The lowest BCUT2D eigenvalue weighted by molar-refractivity contribution is -0.127. The third-order valence-electron chi connectivity index (χ3n) is 5.13. The number of amides is 3. The first-order chi connectivity index (χ1) is 17.3. The minimum atomic E-state index is -0.533. The molecule has 3 aromatic carbocycles. The summed E-state index contributed by atoms with van der Waals surface area (Å²) >= 11 is 10.3. The highest BCUT2D eigenvalue weighted by Gasteiger charge is 2.36. The second kappa shape index (κ2) is 11.6. The summed E-state index contributed by atoms with van der Waals surface area (Å²) in [5, 5.41) is 2.77. The average molecular weight is 588 g/mol. The smallest absolute Gasteiger partial charge is 0.294 e. The number of imide groups is 1. The third kappa shape index (κ3) is 6.29. The van der Waals surface area contributed by atoms with Gasteiger partial charge in [-0.3, -0.25) is 19.3 Å². The molecule has 3 amide bonds. The van der Waals surface area contributed by atoms with Crippen LogP contribution in [-0.2, 0) is 16.2 Å². The number of thioether (sulfide) groups is 1. The van der Waals surface area contributed by atoms with E-state index in [-0.39, 0.29) is 18.1 Å². The minimum absolute atomic E-state index is 0.211. The molecule has 0 saturated carbocycles. The van der Waals surface area contributed by atoms with Crippen LogP contribution < -0.4 is 14.8 Å². The van der Waals surface area contributed by atoms with Gasteiger partial charge in [-0.25, -0.2) is 0 Å². The molecule has 1 aliphatic rings. The van der Waals surface area contributed by atoms with Crippen molar-refractivity contribution in [2.45, 2.75) is 6.61 Å². The Morgan fingerprint density at radius 1 is 1.08 bits per heavy atom. The molecule has 1 saturated heterocycles. The van der Waals surface area contributed by atoms with Crippen LogP contribution >= 0.6 is 39.3 Å². The van der Waals surface area contributed by atoms with E-state index in [1.54, 1.807) is 54.6 Å². The summed E-state index contributed by atoms with van der Waals surface area (Å²) in [5.74, 6) is -0.0345. The molecule has 0 radical (unpaired) electrons. The molecule has 0 unspecified atom stereocenters. The van der Waals surface area contributed by atoms with Crippen molar-refractivity contribution in [1.29, 1.82) is 0 Å². The van der Waals surface area contributed by atoms with Crippen molar-refractivity contribution < 1.29 is 23.9 Å². The summed E-state index contributed by atoms with van der Waals surface area (Å²) in [6, 6.07) is 19.5. The molecule has 0 aromatic heterocycles. The summed E-state index contributed by atoms with van der Waals surface area (Å²) < 4.78 is 12.2. The lowest BCUT2D eigenvalue weighted by Crippen LogP contribution is -2.36. The molecule has 184 valence electrons. The highest BCUT2D eigenvalue weighted by molar-refractivity contribution is 9.10. The molecule has 0 atom stereocenters. The fourth-order valence-electron chi connectivity index (χ4n) is 3.33. The number of hydrogen-bond acceptors (Lipinski definition) is 6. The quantitative estimate of drug-likeness (QED) is 0.309. The second-order valence-electron chi connectivity index (χ2n) is 7.61. The summed E-state index contributed by atoms with van der Waals surface area (Å²) in [5.41, 5.74) is 2.04. The Morgan fingerprint density at radius 2 is 1.83 bits per heavy atom.